The van der Waals surface area contributed by atoms with Crippen molar-refractivity contribution in [3.05, 3.63) is 47.7 Å². The first-order valence-corrected chi connectivity index (χ1v) is 8.00. The average molecular weight is 342 g/mol. The largest absolute Gasteiger partial charge is 0.463 e. The van der Waals surface area contributed by atoms with Gasteiger partial charge in [-0.15, -0.1) is 0 Å². The Morgan fingerprint density at radius 3 is 2.67 bits per heavy atom. The second-order valence-corrected chi connectivity index (χ2v) is 7.04. The van der Waals surface area contributed by atoms with E-state index in [-0.39, 0.29) is 5.54 Å². The number of hydrogen-bond acceptors (Lipinski definition) is 4. The third-order valence-corrected chi connectivity index (χ3v) is 3.92. The topological polar surface area (TPSA) is 57.0 Å². The van der Waals surface area contributed by atoms with Crippen molar-refractivity contribution in [3.63, 3.8) is 0 Å². The molecule has 0 radical (unpaired) electrons. The van der Waals surface area contributed by atoms with E-state index in [1.165, 1.54) is 0 Å². The maximum atomic E-state index is 6.02. The van der Waals surface area contributed by atoms with Gasteiger partial charge < -0.3 is 8.83 Å². The van der Waals surface area contributed by atoms with Crippen LogP contribution in [0.15, 0.2) is 51.5 Å². The summed E-state index contributed by atoms with van der Waals surface area (Å²) in [5.41, 5.74) is 2.71. The highest BCUT2D eigenvalue weighted by Crippen LogP contribution is 2.32. The van der Waals surface area contributed by atoms with Crippen LogP contribution in [0.5, 0.6) is 0 Å². The Bertz CT molecular complexity index is 1010. The van der Waals surface area contributed by atoms with Crippen LogP contribution in [0.25, 0.3) is 34.1 Å². The molecule has 122 valence electrons. The summed E-state index contributed by atoms with van der Waals surface area (Å²) in [6.07, 6.45) is 1.65. The molecule has 0 aliphatic rings. The Morgan fingerprint density at radius 2 is 1.96 bits per heavy atom. The van der Waals surface area contributed by atoms with Gasteiger partial charge in [0.1, 0.15) is 16.9 Å². The maximum absolute atomic E-state index is 6.02. The lowest BCUT2D eigenvalue weighted by atomic mass is 10.1. The Kier molecular flexibility index (Phi) is 3.28. The minimum absolute atomic E-state index is 0.213. The molecule has 0 saturated carbocycles. The van der Waals surface area contributed by atoms with E-state index >= 15 is 0 Å². The number of benzene rings is 1. The Hall–Kier alpha value is -2.53. The number of furan rings is 1. The van der Waals surface area contributed by atoms with Gasteiger partial charge in [0, 0.05) is 11.1 Å². The first kappa shape index (κ1) is 15.0. The van der Waals surface area contributed by atoms with E-state index < -0.39 is 0 Å². The van der Waals surface area contributed by atoms with E-state index in [0.717, 1.165) is 11.5 Å². The zero-order valence-electron chi connectivity index (χ0n) is 13.6. The SMILES string of the molecule is CC(C)(C)n1nc(-c2nc3cc(Cl)ccc3o2)cc1-c1ccco1. The second kappa shape index (κ2) is 5.24. The summed E-state index contributed by atoms with van der Waals surface area (Å²) in [6, 6.07) is 11.1. The van der Waals surface area contributed by atoms with Gasteiger partial charge in [-0.1, -0.05) is 11.6 Å². The quantitative estimate of drug-likeness (QED) is 0.492. The molecule has 0 bridgehead atoms. The van der Waals surface area contributed by atoms with Gasteiger partial charge in [-0.3, -0.25) is 4.68 Å². The third kappa shape index (κ3) is 2.51. The highest BCUT2D eigenvalue weighted by atomic mass is 35.5. The van der Waals surface area contributed by atoms with Crippen LogP contribution >= 0.6 is 11.6 Å². The zero-order chi connectivity index (χ0) is 16.9. The van der Waals surface area contributed by atoms with Crippen molar-refractivity contribution in [3.8, 4) is 23.0 Å². The van der Waals surface area contributed by atoms with Crippen LogP contribution in [0.4, 0.5) is 0 Å². The molecule has 1 aromatic carbocycles. The summed E-state index contributed by atoms with van der Waals surface area (Å²) < 4.78 is 13.3. The fraction of sp³-hybridized carbons (Fsp3) is 0.222. The number of nitrogens with zero attached hydrogens (tertiary/aromatic N) is 3. The van der Waals surface area contributed by atoms with Crippen molar-refractivity contribution in [2.24, 2.45) is 0 Å². The van der Waals surface area contributed by atoms with E-state index in [4.69, 9.17) is 25.5 Å². The molecule has 6 heteroatoms. The summed E-state index contributed by atoms with van der Waals surface area (Å²) in [7, 11) is 0. The number of rotatable bonds is 2. The molecule has 4 rings (SSSR count). The van der Waals surface area contributed by atoms with Crippen LogP contribution in [0.3, 0.4) is 0 Å². The summed E-state index contributed by atoms with van der Waals surface area (Å²) in [5, 5.41) is 5.32. The predicted molar refractivity (Wildman–Crippen MR) is 92.9 cm³/mol. The lowest BCUT2D eigenvalue weighted by Gasteiger charge is -2.21. The maximum Gasteiger partial charge on any atom is 0.248 e. The minimum atomic E-state index is -0.213. The van der Waals surface area contributed by atoms with Crippen LogP contribution in [0.1, 0.15) is 20.8 Å². The van der Waals surface area contributed by atoms with Crippen LogP contribution in [0, 0.1) is 0 Å². The molecule has 24 heavy (non-hydrogen) atoms. The average Bonchev–Trinajstić information content (AvgIpc) is 3.23. The van der Waals surface area contributed by atoms with Crippen molar-refractivity contribution in [2.45, 2.75) is 26.3 Å². The van der Waals surface area contributed by atoms with Crippen LogP contribution in [-0.2, 0) is 5.54 Å². The standard InChI is InChI=1S/C18H16ClN3O2/c1-18(2,3)22-14(16-5-4-8-23-16)10-13(21-22)17-20-12-9-11(19)6-7-15(12)24-17/h4-10H,1-3H3. The summed E-state index contributed by atoms with van der Waals surface area (Å²) in [5.74, 6) is 1.21. The monoisotopic (exact) mass is 341 g/mol. The van der Waals surface area contributed by atoms with Crippen molar-refractivity contribution in [1.82, 2.24) is 14.8 Å². The second-order valence-electron chi connectivity index (χ2n) is 6.61. The van der Waals surface area contributed by atoms with Crippen LogP contribution in [0.2, 0.25) is 5.02 Å². The Balaban J connectivity index is 1.88. The lowest BCUT2D eigenvalue weighted by Crippen LogP contribution is -2.24. The number of oxazole rings is 1. The molecular weight excluding hydrogens is 326 g/mol. The summed E-state index contributed by atoms with van der Waals surface area (Å²) in [6.45, 7) is 6.26. The number of hydrogen-bond donors (Lipinski definition) is 0. The van der Waals surface area contributed by atoms with Crippen LogP contribution < -0.4 is 0 Å². The molecule has 0 unspecified atom stereocenters. The van der Waals surface area contributed by atoms with Crippen molar-refractivity contribution in [2.75, 3.05) is 0 Å². The minimum Gasteiger partial charge on any atom is -0.463 e. The first-order valence-electron chi connectivity index (χ1n) is 7.63. The number of aromatic nitrogens is 3. The van der Waals surface area contributed by atoms with Gasteiger partial charge in [-0.25, -0.2) is 4.98 Å². The highest BCUT2D eigenvalue weighted by Gasteiger charge is 2.24. The molecule has 5 nitrogen and oxygen atoms in total. The molecule has 3 heterocycles. The smallest absolute Gasteiger partial charge is 0.248 e. The molecule has 0 amide bonds. The summed E-state index contributed by atoms with van der Waals surface area (Å²) >= 11 is 6.02. The fourth-order valence-corrected chi connectivity index (χ4v) is 2.77. The molecule has 3 aromatic heterocycles. The molecule has 0 aliphatic heterocycles. The van der Waals surface area contributed by atoms with Gasteiger partial charge in [0.05, 0.1) is 11.8 Å². The van der Waals surface area contributed by atoms with E-state index in [9.17, 15) is 0 Å². The Morgan fingerprint density at radius 1 is 1.12 bits per heavy atom. The lowest BCUT2D eigenvalue weighted by molar-refractivity contribution is 0.357. The van der Waals surface area contributed by atoms with Gasteiger partial charge in [-0.2, -0.15) is 5.10 Å². The van der Waals surface area contributed by atoms with Crippen molar-refractivity contribution >= 4 is 22.7 Å². The molecule has 0 N–H and O–H groups in total. The van der Waals surface area contributed by atoms with E-state index in [1.807, 2.05) is 28.9 Å². The number of fused-ring (bicyclic) bond motifs is 1. The molecule has 0 saturated heterocycles. The van der Waals surface area contributed by atoms with Gasteiger partial charge in [0.25, 0.3) is 0 Å². The van der Waals surface area contributed by atoms with Crippen molar-refractivity contribution < 1.29 is 8.83 Å². The Labute approximate surface area is 143 Å². The number of halogens is 1. The molecule has 0 aliphatic carbocycles. The third-order valence-electron chi connectivity index (χ3n) is 3.69. The van der Waals surface area contributed by atoms with Crippen molar-refractivity contribution in [1.29, 1.82) is 0 Å². The molecule has 0 spiro atoms. The summed E-state index contributed by atoms with van der Waals surface area (Å²) in [4.78, 5) is 4.50. The van der Waals surface area contributed by atoms with Gasteiger partial charge in [0.15, 0.2) is 11.3 Å². The predicted octanol–water partition coefficient (Wildman–Crippen LogP) is 5.36. The normalized spacial score (nSPS) is 12.2. The van der Waals surface area contributed by atoms with Crippen LogP contribution in [-0.4, -0.2) is 14.8 Å². The van der Waals surface area contributed by atoms with Gasteiger partial charge in [-0.05, 0) is 51.1 Å². The van der Waals surface area contributed by atoms with E-state index in [2.05, 4.69) is 25.8 Å². The fourth-order valence-electron chi connectivity index (χ4n) is 2.61. The molecule has 0 fully saturated rings. The highest BCUT2D eigenvalue weighted by molar-refractivity contribution is 6.31. The molecule has 0 atom stereocenters. The first-order chi connectivity index (χ1) is 11.4. The van der Waals surface area contributed by atoms with E-state index in [0.29, 0.717) is 27.7 Å². The van der Waals surface area contributed by atoms with E-state index in [1.54, 1.807) is 18.4 Å². The zero-order valence-corrected chi connectivity index (χ0v) is 14.3. The van der Waals surface area contributed by atoms with Gasteiger partial charge >= 0.3 is 0 Å². The molecular formula is C18H16ClN3O2. The van der Waals surface area contributed by atoms with Gasteiger partial charge in [0.2, 0.25) is 5.89 Å². The molecule has 4 aromatic rings.